The highest BCUT2D eigenvalue weighted by Crippen LogP contribution is 2.44. The van der Waals surface area contributed by atoms with Crippen LogP contribution in [-0.2, 0) is 4.74 Å². The molecule has 96 valence electrons. The number of aliphatic hydroxyl groups is 1. The van der Waals surface area contributed by atoms with Crippen molar-refractivity contribution >= 4 is 43.2 Å². The van der Waals surface area contributed by atoms with Crippen LogP contribution in [0, 0.1) is 11.8 Å². The van der Waals surface area contributed by atoms with Crippen LogP contribution in [-0.4, -0.2) is 17.3 Å². The van der Waals surface area contributed by atoms with E-state index in [9.17, 15) is 5.11 Å². The van der Waals surface area contributed by atoms with Crippen LogP contribution in [0.2, 0.25) is 0 Å². The summed E-state index contributed by atoms with van der Waals surface area (Å²) in [4.78, 5) is 0.991. The van der Waals surface area contributed by atoms with Gasteiger partial charge in [0.15, 0.2) is 0 Å². The lowest BCUT2D eigenvalue weighted by Gasteiger charge is -2.23. The third kappa shape index (κ3) is 2.63. The van der Waals surface area contributed by atoms with Crippen LogP contribution in [0.5, 0.6) is 0 Å². The number of ether oxygens (including phenoxy) is 1. The molecule has 1 aliphatic rings. The highest BCUT2D eigenvalue weighted by molar-refractivity contribution is 9.13. The zero-order valence-corrected chi connectivity index (χ0v) is 14.0. The van der Waals surface area contributed by atoms with Crippen molar-refractivity contribution in [2.24, 2.45) is 11.8 Å². The molecular formula is C12H16Br2O2S. The van der Waals surface area contributed by atoms with Gasteiger partial charge in [-0.15, -0.1) is 11.3 Å². The summed E-state index contributed by atoms with van der Waals surface area (Å²) >= 11 is 8.50. The summed E-state index contributed by atoms with van der Waals surface area (Å²) in [6, 6.07) is 1.99. The maximum Gasteiger partial charge on any atom is 0.0939 e. The Labute approximate surface area is 123 Å². The van der Waals surface area contributed by atoms with Crippen molar-refractivity contribution in [3.63, 3.8) is 0 Å². The van der Waals surface area contributed by atoms with Crippen molar-refractivity contribution in [1.82, 2.24) is 0 Å². The fourth-order valence-electron chi connectivity index (χ4n) is 2.54. The summed E-state index contributed by atoms with van der Waals surface area (Å²) in [5.41, 5.74) is 0. The molecule has 1 N–H and O–H groups in total. The van der Waals surface area contributed by atoms with Crippen LogP contribution in [0.15, 0.2) is 14.3 Å². The predicted octanol–water partition coefficient (Wildman–Crippen LogP) is 4.37. The Morgan fingerprint density at radius 1 is 1.29 bits per heavy atom. The van der Waals surface area contributed by atoms with Crippen molar-refractivity contribution in [3.05, 3.63) is 19.2 Å². The van der Waals surface area contributed by atoms with E-state index in [0.717, 1.165) is 13.1 Å². The molecule has 0 spiro atoms. The Balaban J connectivity index is 2.22. The van der Waals surface area contributed by atoms with Crippen LogP contribution < -0.4 is 0 Å². The second-order valence-corrected chi connectivity index (χ2v) is 7.95. The SMILES string of the molecule is CC1OC(C)C(C(O)c2cc(Br)c(Br)s2)C1C. The molecule has 1 aliphatic heterocycles. The first-order chi connectivity index (χ1) is 7.91. The molecule has 1 fully saturated rings. The van der Waals surface area contributed by atoms with Gasteiger partial charge in [0.2, 0.25) is 0 Å². The van der Waals surface area contributed by atoms with E-state index in [1.165, 1.54) is 0 Å². The lowest BCUT2D eigenvalue weighted by Crippen LogP contribution is -2.24. The minimum absolute atomic E-state index is 0.106. The number of rotatable bonds is 2. The van der Waals surface area contributed by atoms with Gasteiger partial charge in [-0.05, 0) is 57.7 Å². The van der Waals surface area contributed by atoms with Gasteiger partial charge in [-0.3, -0.25) is 0 Å². The van der Waals surface area contributed by atoms with Crippen LogP contribution in [0.1, 0.15) is 31.8 Å². The Kier molecular flexibility index (Phi) is 4.36. The highest BCUT2D eigenvalue weighted by Gasteiger charge is 2.42. The van der Waals surface area contributed by atoms with Gasteiger partial charge in [0.1, 0.15) is 0 Å². The second-order valence-electron chi connectivity index (χ2n) is 4.70. The van der Waals surface area contributed by atoms with Gasteiger partial charge in [0.25, 0.3) is 0 Å². The predicted molar refractivity (Wildman–Crippen MR) is 77.3 cm³/mol. The highest BCUT2D eigenvalue weighted by atomic mass is 79.9. The molecule has 0 aliphatic carbocycles. The van der Waals surface area contributed by atoms with Gasteiger partial charge in [0, 0.05) is 15.3 Å². The van der Waals surface area contributed by atoms with Gasteiger partial charge in [-0.25, -0.2) is 0 Å². The zero-order chi connectivity index (χ0) is 12.7. The lowest BCUT2D eigenvalue weighted by molar-refractivity contribution is 0.0242. The molecule has 1 aromatic heterocycles. The molecule has 5 heteroatoms. The van der Waals surface area contributed by atoms with Gasteiger partial charge >= 0.3 is 0 Å². The van der Waals surface area contributed by atoms with Crippen LogP contribution in [0.3, 0.4) is 0 Å². The quantitative estimate of drug-likeness (QED) is 0.821. The number of hydrogen-bond acceptors (Lipinski definition) is 3. The first kappa shape index (κ1) is 14.0. The maximum absolute atomic E-state index is 10.5. The van der Waals surface area contributed by atoms with Crippen LogP contribution >= 0.6 is 43.2 Å². The van der Waals surface area contributed by atoms with Gasteiger partial charge in [-0.1, -0.05) is 6.92 Å². The summed E-state index contributed by atoms with van der Waals surface area (Å²) in [6.07, 6.45) is -0.122. The summed E-state index contributed by atoms with van der Waals surface area (Å²) in [7, 11) is 0. The summed E-state index contributed by atoms with van der Waals surface area (Å²) in [5.74, 6) is 0.544. The van der Waals surface area contributed by atoms with Crippen molar-refractivity contribution in [2.75, 3.05) is 0 Å². The molecule has 2 nitrogen and oxygen atoms in total. The molecule has 0 radical (unpaired) electrons. The number of aliphatic hydroxyl groups excluding tert-OH is 1. The molecule has 1 aromatic rings. The smallest absolute Gasteiger partial charge is 0.0939 e. The van der Waals surface area contributed by atoms with E-state index in [2.05, 4.69) is 45.7 Å². The minimum atomic E-state index is -0.447. The standard InChI is InChI=1S/C12H16Br2O2S/c1-5-6(2)16-7(3)10(5)11(15)9-4-8(13)12(14)17-9/h4-7,10-11,15H,1-3H3. The number of thiophene rings is 1. The molecule has 2 rings (SSSR count). The number of hydrogen-bond donors (Lipinski definition) is 1. The van der Waals surface area contributed by atoms with Gasteiger partial charge in [-0.2, -0.15) is 0 Å². The van der Waals surface area contributed by atoms with E-state index in [1.54, 1.807) is 11.3 Å². The second kappa shape index (κ2) is 5.29. The third-order valence-corrected chi connectivity index (χ3v) is 6.97. The summed E-state index contributed by atoms with van der Waals surface area (Å²) < 4.78 is 7.82. The first-order valence-electron chi connectivity index (χ1n) is 5.70. The Hall–Kier alpha value is 0.580. The molecule has 2 heterocycles. The largest absolute Gasteiger partial charge is 0.387 e. The third-order valence-electron chi connectivity index (χ3n) is 3.64. The van der Waals surface area contributed by atoms with E-state index in [0.29, 0.717) is 5.92 Å². The molecule has 5 unspecified atom stereocenters. The Morgan fingerprint density at radius 2 is 1.94 bits per heavy atom. The van der Waals surface area contributed by atoms with Crippen molar-refractivity contribution < 1.29 is 9.84 Å². The zero-order valence-electron chi connectivity index (χ0n) is 9.98. The fourth-order valence-corrected chi connectivity index (χ4v) is 4.67. The summed E-state index contributed by atoms with van der Waals surface area (Å²) in [6.45, 7) is 6.28. The first-order valence-corrected chi connectivity index (χ1v) is 8.10. The molecule has 17 heavy (non-hydrogen) atoms. The molecule has 0 saturated carbocycles. The fraction of sp³-hybridized carbons (Fsp3) is 0.667. The molecule has 5 atom stereocenters. The Bertz CT molecular complexity index is 388. The van der Waals surface area contributed by atoms with E-state index in [4.69, 9.17) is 4.74 Å². The van der Waals surface area contributed by atoms with E-state index in [1.807, 2.05) is 13.0 Å². The van der Waals surface area contributed by atoms with Crippen molar-refractivity contribution in [2.45, 2.75) is 39.1 Å². The van der Waals surface area contributed by atoms with Crippen LogP contribution in [0.25, 0.3) is 0 Å². The topological polar surface area (TPSA) is 29.5 Å². The average Bonchev–Trinajstić information content (AvgIpc) is 2.70. The van der Waals surface area contributed by atoms with E-state index < -0.39 is 6.10 Å². The van der Waals surface area contributed by atoms with E-state index in [-0.39, 0.29) is 18.1 Å². The van der Waals surface area contributed by atoms with Crippen LogP contribution in [0.4, 0.5) is 0 Å². The van der Waals surface area contributed by atoms with Crippen molar-refractivity contribution in [3.8, 4) is 0 Å². The van der Waals surface area contributed by atoms with Gasteiger partial charge in [0.05, 0.1) is 22.1 Å². The number of halogens is 2. The maximum atomic E-state index is 10.5. The molecule has 1 saturated heterocycles. The van der Waals surface area contributed by atoms with Crippen molar-refractivity contribution in [1.29, 1.82) is 0 Å². The monoisotopic (exact) mass is 382 g/mol. The molecule has 0 aromatic carbocycles. The van der Waals surface area contributed by atoms with E-state index >= 15 is 0 Å². The average molecular weight is 384 g/mol. The lowest BCUT2D eigenvalue weighted by atomic mass is 9.84. The molecule has 0 amide bonds. The summed E-state index contributed by atoms with van der Waals surface area (Å²) in [5, 5.41) is 10.5. The van der Waals surface area contributed by atoms with Gasteiger partial charge < -0.3 is 9.84 Å². The Morgan fingerprint density at radius 3 is 2.35 bits per heavy atom. The molecule has 0 bridgehead atoms. The molecular weight excluding hydrogens is 368 g/mol. The normalized spacial score (nSPS) is 35.2. The minimum Gasteiger partial charge on any atom is -0.387 e.